The lowest BCUT2D eigenvalue weighted by atomic mass is 9.97. The van der Waals surface area contributed by atoms with E-state index in [1.54, 1.807) is 7.11 Å². The first-order chi connectivity index (χ1) is 8.55. The van der Waals surface area contributed by atoms with Crippen LogP contribution in [0, 0.1) is 0 Å². The standard InChI is InChI=1S/C15H21NO2/c1-15(2,17-4)10-12(16-3)14-9-11-7-5-6-8-13(11)18-14/h5-9,12,16H,10H2,1-4H3. The van der Waals surface area contributed by atoms with E-state index in [1.165, 1.54) is 0 Å². The molecule has 0 bridgehead atoms. The SMILES string of the molecule is CNC(CC(C)(C)OC)c1cc2ccccc2o1. The molecule has 1 aromatic heterocycles. The van der Waals surface area contributed by atoms with Crippen molar-refractivity contribution in [2.24, 2.45) is 0 Å². The number of hydrogen-bond acceptors (Lipinski definition) is 3. The second kappa shape index (κ2) is 5.12. The summed E-state index contributed by atoms with van der Waals surface area (Å²) in [6.45, 7) is 4.17. The molecule has 0 aliphatic heterocycles. The Morgan fingerprint density at radius 2 is 2.06 bits per heavy atom. The van der Waals surface area contributed by atoms with Gasteiger partial charge < -0.3 is 14.5 Å². The van der Waals surface area contributed by atoms with Crippen LogP contribution in [0.3, 0.4) is 0 Å². The lowest BCUT2D eigenvalue weighted by molar-refractivity contribution is 0.00581. The maximum Gasteiger partial charge on any atom is 0.134 e. The predicted octanol–water partition coefficient (Wildman–Crippen LogP) is 3.51. The Morgan fingerprint density at radius 3 is 2.67 bits per heavy atom. The van der Waals surface area contributed by atoms with Crippen LogP contribution in [0.2, 0.25) is 0 Å². The van der Waals surface area contributed by atoms with Gasteiger partial charge in [0.05, 0.1) is 11.6 Å². The first kappa shape index (κ1) is 13.1. The lowest BCUT2D eigenvalue weighted by Gasteiger charge is -2.27. The highest BCUT2D eigenvalue weighted by Gasteiger charge is 2.25. The Bertz CT molecular complexity index is 483. The summed E-state index contributed by atoms with van der Waals surface area (Å²) in [4.78, 5) is 0. The molecule has 0 amide bonds. The molecular formula is C15H21NO2. The molecule has 0 fully saturated rings. The van der Waals surface area contributed by atoms with Crippen LogP contribution in [-0.4, -0.2) is 19.8 Å². The van der Waals surface area contributed by atoms with Crippen LogP contribution in [0.25, 0.3) is 11.0 Å². The molecule has 3 heteroatoms. The fourth-order valence-corrected chi connectivity index (χ4v) is 2.09. The third-order valence-electron chi connectivity index (χ3n) is 3.38. The number of benzene rings is 1. The second-order valence-electron chi connectivity index (χ2n) is 5.20. The molecule has 18 heavy (non-hydrogen) atoms. The smallest absolute Gasteiger partial charge is 0.134 e. The molecule has 1 atom stereocenters. The Hall–Kier alpha value is -1.32. The second-order valence-corrected chi connectivity index (χ2v) is 5.20. The van der Waals surface area contributed by atoms with Crippen molar-refractivity contribution in [3.05, 3.63) is 36.1 Å². The van der Waals surface area contributed by atoms with Crippen molar-refractivity contribution in [3.63, 3.8) is 0 Å². The molecule has 1 heterocycles. The van der Waals surface area contributed by atoms with E-state index in [-0.39, 0.29) is 11.6 Å². The highest BCUT2D eigenvalue weighted by Crippen LogP contribution is 2.29. The molecular weight excluding hydrogens is 226 g/mol. The average molecular weight is 247 g/mol. The van der Waals surface area contributed by atoms with Crippen molar-refractivity contribution in [2.75, 3.05) is 14.2 Å². The van der Waals surface area contributed by atoms with Gasteiger partial charge >= 0.3 is 0 Å². The normalized spacial score (nSPS) is 14.0. The summed E-state index contributed by atoms with van der Waals surface area (Å²) < 4.78 is 11.4. The number of ether oxygens (including phenoxy) is 1. The monoisotopic (exact) mass is 247 g/mol. The van der Waals surface area contributed by atoms with Crippen LogP contribution in [0.5, 0.6) is 0 Å². The zero-order valence-corrected chi connectivity index (χ0v) is 11.5. The van der Waals surface area contributed by atoms with E-state index in [0.717, 1.165) is 23.2 Å². The van der Waals surface area contributed by atoms with Crippen molar-refractivity contribution < 1.29 is 9.15 Å². The molecule has 1 unspecified atom stereocenters. The molecule has 2 rings (SSSR count). The van der Waals surface area contributed by atoms with Crippen molar-refractivity contribution in [1.29, 1.82) is 0 Å². The quantitative estimate of drug-likeness (QED) is 0.878. The maximum absolute atomic E-state index is 5.89. The van der Waals surface area contributed by atoms with E-state index in [2.05, 4.69) is 31.3 Å². The summed E-state index contributed by atoms with van der Waals surface area (Å²) >= 11 is 0. The van der Waals surface area contributed by atoms with Crippen LogP contribution in [-0.2, 0) is 4.74 Å². The van der Waals surface area contributed by atoms with Crippen LogP contribution < -0.4 is 5.32 Å². The summed E-state index contributed by atoms with van der Waals surface area (Å²) in [6, 6.07) is 10.3. The van der Waals surface area contributed by atoms with Crippen LogP contribution >= 0.6 is 0 Å². The largest absolute Gasteiger partial charge is 0.459 e. The Kier molecular flexibility index (Phi) is 3.73. The van der Waals surface area contributed by atoms with Crippen LogP contribution in [0.15, 0.2) is 34.7 Å². The fourth-order valence-electron chi connectivity index (χ4n) is 2.09. The van der Waals surface area contributed by atoms with Gasteiger partial charge in [0.1, 0.15) is 11.3 Å². The minimum absolute atomic E-state index is 0.160. The minimum Gasteiger partial charge on any atom is -0.459 e. The minimum atomic E-state index is -0.174. The fraction of sp³-hybridized carbons (Fsp3) is 0.467. The third-order valence-corrected chi connectivity index (χ3v) is 3.38. The summed E-state index contributed by atoms with van der Waals surface area (Å²) in [6.07, 6.45) is 0.861. The summed E-state index contributed by atoms with van der Waals surface area (Å²) in [5.41, 5.74) is 0.759. The van der Waals surface area contributed by atoms with Gasteiger partial charge in [-0.25, -0.2) is 0 Å². The molecule has 0 saturated carbocycles. The van der Waals surface area contributed by atoms with Gasteiger partial charge in [0.2, 0.25) is 0 Å². The number of nitrogens with one attached hydrogen (secondary N) is 1. The van der Waals surface area contributed by atoms with Gasteiger partial charge in [0.25, 0.3) is 0 Å². The van der Waals surface area contributed by atoms with E-state index in [4.69, 9.17) is 9.15 Å². The summed E-state index contributed by atoms with van der Waals surface area (Å²) in [5, 5.41) is 4.44. The number of fused-ring (bicyclic) bond motifs is 1. The van der Waals surface area contributed by atoms with Crippen molar-refractivity contribution in [3.8, 4) is 0 Å². The molecule has 0 saturated heterocycles. The summed E-state index contributed by atoms with van der Waals surface area (Å²) in [5.74, 6) is 0.962. The Morgan fingerprint density at radius 1 is 1.33 bits per heavy atom. The topological polar surface area (TPSA) is 34.4 Å². The van der Waals surface area contributed by atoms with Crippen molar-refractivity contribution >= 4 is 11.0 Å². The maximum atomic E-state index is 5.89. The van der Waals surface area contributed by atoms with Gasteiger partial charge in [-0.05, 0) is 39.4 Å². The molecule has 0 radical (unpaired) electrons. The van der Waals surface area contributed by atoms with Gasteiger partial charge in [-0.2, -0.15) is 0 Å². The molecule has 1 N–H and O–H groups in total. The zero-order valence-electron chi connectivity index (χ0n) is 11.5. The molecule has 0 spiro atoms. The van der Waals surface area contributed by atoms with Gasteiger partial charge in [0, 0.05) is 12.5 Å². The Balaban J connectivity index is 2.27. The van der Waals surface area contributed by atoms with Crippen molar-refractivity contribution in [1.82, 2.24) is 5.32 Å². The number of para-hydroxylation sites is 1. The number of rotatable bonds is 5. The van der Waals surface area contributed by atoms with E-state index in [0.29, 0.717) is 0 Å². The van der Waals surface area contributed by atoms with E-state index in [1.807, 2.05) is 25.2 Å². The highest BCUT2D eigenvalue weighted by atomic mass is 16.5. The van der Waals surface area contributed by atoms with E-state index in [9.17, 15) is 0 Å². The number of methoxy groups -OCH3 is 1. The molecule has 1 aromatic carbocycles. The van der Waals surface area contributed by atoms with Crippen molar-refractivity contribution in [2.45, 2.75) is 31.9 Å². The van der Waals surface area contributed by atoms with Gasteiger partial charge in [0.15, 0.2) is 0 Å². The molecule has 2 aromatic rings. The first-order valence-corrected chi connectivity index (χ1v) is 6.26. The van der Waals surface area contributed by atoms with Crippen LogP contribution in [0.1, 0.15) is 32.1 Å². The number of hydrogen-bond donors (Lipinski definition) is 1. The predicted molar refractivity (Wildman–Crippen MR) is 73.7 cm³/mol. The summed E-state index contributed by atoms with van der Waals surface area (Å²) in [7, 11) is 3.69. The average Bonchev–Trinajstić information content (AvgIpc) is 2.79. The van der Waals surface area contributed by atoms with Gasteiger partial charge in [-0.3, -0.25) is 0 Å². The van der Waals surface area contributed by atoms with Gasteiger partial charge in [-0.15, -0.1) is 0 Å². The molecule has 0 aliphatic carbocycles. The molecule has 3 nitrogen and oxygen atoms in total. The van der Waals surface area contributed by atoms with E-state index >= 15 is 0 Å². The van der Waals surface area contributed by atoms with Gasteiger partial charge in [-0.1, -0.05) is 18.2 Å². The Labute approximate surface area is 108 Å². The van der Waals surface area contributed by atoms with Crippen LogP contribution in [0.4, 0.5) is 0 Å². The highest BCUT2D eigenvalue weighted by molar-refractivity contribution is 5.77. The van der Waals surface area contributed by atoms with E-state index < -0.39 is 0 Å². The first-order valence-electron chi connectivity index (χ1n) is 6.26. The lowest BCUT2D eigenvalue weighted by Crippen LogP contribution is -2.30. The zero-order chi connectivity index (χ0) is 13.2. The number of furan rings is 1. The molecule has 98 valence electrons. The third kappa shape index (κ3) is 2.74. The molecule has 0 aliphatic rings.